The van der Waals surface area contributed by atoms with Crippen molar-refractivity contribution >= 4 is 11.9 Å². The van der Waals surface area contributed by atoms with E-state index in [1.807, 2.05) is 0 Å². The summed E-state index contributed by atoms with van der Waals surface area (Å²) >= 11 is 0. The van der Waals surface area contributed by atoms with Gasteiger partial charge in [0.05, 0.1) is 31.3 Å². The zero-order valence-corrected chi connectivity index (χ0v) is 18.3. The van der Waals surface area contributed by atoms with Gasteiger partial charge >= 0.3 is 5.97 Å². The number of benzene rings is 1. The van der Waals surface area contributed by atoms with Crippen LogP contribution < -0.4 is 14.8 Å². The minimum Gasteiger partial charge on any atom is -0.496 e. The predicted molar refractivity (Wildman–Crippen MR) is 113 cm³/mol. The highest BCUT2D eigenvalue weighted by Gasteiger charge is 2.40. The molecule has 7 heteroatoms. The van der Waals surface area contributed by atoms with E-state index in [0.29, 0.717) is 49.7 Å². The number of halogens is 1. The van der Waals surface area contributed by atoms with Crippen LogP contribution in [0.3, 0.4) is 0 Å². The van der Waals surface area contributed by atoms with Crippen LogP contribution >= 0.6 is 0 Å². The van der Waals surface area contributed by atoms with E-state index >= 15 is 0 Å². The maximum atomic E-state index is 14.7. The first-order valence-corrected chi connectivity index (χ1v) is 11.5. The smallest absolute Gasteiger partial charge is 0.308 e. The molecule has 3 saturated carbocycles. The molecule has 0 aliphatic heterocycles. The van der Waals surface area contributed by atoms with E-state index in [9.17, 15) is 14.0 Å². The minimum atomic E-state index is -0.555. The fraction of sp³-hybridized carbons (Fsp3) is 0.667. The Balaban J connectivity index is 1.41. The normalized spacial score (nSPS) is 29.5. The third kappa shape index (κ3) is 4.80. The number of hydrogen-bond donors (Lipinski definition) is 1. The van der Waals surface area contributed by atoms with Gasteiger partial charge in [-0.2, -0.15) is 0 Å². The Hall–Kier alpha value is -2.31. The molecule has 3 atom stereocenters. The molecule has 1 aromatic carbocycles. The lowest BCUT2D eigenvalue weighted by Gasteiger charge is -2.28. The van der Waals surface area contributed by atoms with Crippen LogP contribution in [-0.4, -0.2) is 37.7 Å². The van der Waals surface area contributed by atoms with Gasteiger partial charge in [0, 0.05) is 12.1 Å². The summed E-state index contributed by atoms with van der Waals surface area (Å²) < 4.78 is 30.9. The van der Waals surface area contributed by atoms with E-state index in [1.165, 1.54) is 38.5 Å². The fourth-order valence-corrected chi connectivity index (χ4v) is 5.50. The molecule has 4 rings (SSSR count). The van der Waals surface area contributed by atoms with Gasteiger partial charge < -0.3 is 19.5 Å². The molecule has 1 amide bonds. The van der Waals surface area contributed by atoms with Crippen LogP contribution in [0.4, 0.5) is 4.39 Å². The molecule has 3 aliphatic rings. The quantitative estimate of drug-likeness (QED) is 0.651. The molecule has 31 heavy (non-hydrogen) atoms. The zero-order chi connectivity index (χ0) is 22.0. The second kappa shape index (κ2) is 9.45. The van der Waals surface area contributed by atoms with Crippen LogP contribution in [0.2, 0.25) is 0 Å². The van der Waals surface area contributed by atoms with Gasteiger partial charge in [0.15, 0.2) is 11.6 Å². The Bertz CT molecular complexity index is 820. The molecular weight excluding hydrogens is 401 g/mol. The summed E-state index contributed by atoms with van der Waals surface area (Å²) in [5.41, 5.74) is 0.293. The highest BCUT2D eigenvalue weighted by Crippen LogP contribution is 2.44. The summed E-state index contributed by atoms with van der Waals surface area (Å²) in [6, 6.07) is 2.85. The molecule has 3 fully saturated rings. The molecule has 2 bridgehead atoms. The van der Waals surface area contributed by atoms with E-state index in [0.717, 1.165) is 6.42 Å². The number of fused-ring (bicyclic) bond motifs is 2. The number of rotatable bonds is 7. The van der Waals surface area contributed by atoms with Gasteiger partial charge in [-0.1, -0.05) is 6.42 Å². The van der Waals surface area contributed by atoms with Crippen LogP contribution in [0, 0.1) is 23.6 Å². The summed E-state index contributed by atoms with van der Waals surface area (Å²) in [6.07, 6.45) is 7.02. The van der Waals surface area contributed by atoms with Crippen molar-refractivity contribution in [3.8, 4) is 11.5 Å². The number of esters is 1. The summed E-state index contributed by atoms with van der Waals surface area (Å²) in [7, 11) is 1.43. The van der Waals surface area contributed by atoms with E-state index in [2.05, 4.69) is 5.32 Å². The molecule has 6 nitrogen and oxygen atoms in total. The second-order valence-corrected chi connectivity index (χ2v) is 9.08. The second-order valence-electron chi connectivity index (χ2n) is 9.08. The van der Waals surface area contributed by atoms with Gasteiger partial charge in [0.25, 0.3) is 5.91 Å². The molecule has 170 valence electrons. The summed E-state index contributed by atoms with van der Waals surface area (Å²) in [6.45, 7) is 2.17. The van der Waals surface area contributed by atoms with Gasteiger partial charge in [0.2, 0.25) is 0 Å². The van der Waals surface area contributed by atoms with Crippen LogP contribution in [0.1, 0.15) is 68.6 Å². The average molecular weight is 434 g/mol. The molecule has 1 aromatic rings. The fourth-order valence-electron chi connectivity index (χ4n) is 5.50. The molecule has 0 unspecified atom stereocenters. The van der Waals surface area contributed by atoms with Crippen molar-refractivity contribution in [3.63, 3.8) is 0 Å². The summed E-state index contributed by atoms with van der Waals surface area (Å²) in [4.78, 5) is 24.9. The van der Waals surface area contributed by atoms with Gasteiger partial charge in [-0.05, 0) is 69.8 Å². The van der Waals surface area contributed by atoms with E-state index in [-0.39, 0.29) is 41.4 Å². The molecule has 0 saturated heterocycles. The lowest BCUT2D eigenvalue weighted by Crippen LogP contribution is -2.38. The van der Waals surface area contributed by atoms with Crippen molar-refractivity contribution < 1.29 is 28.2 Å². The molecular formula is C24H32FNO5. The Morgan fingerprint density at radius 3 is 2.45 bits per heavy atom. The van der Waals surface area contributed by atoms with E-state index in [4.69, 9.17) is 14.2 Å². The lowest BCUT2D eigenvalue weighted by atomic mass is 9.87. The molecule has 3 aliphatic carbocycles. The largest absolute Gasteiger partial charge is 0.496 e. The van der Waals surface area contributed by atoms with Crippen molar-refractivity contribution in [2.24, 2.45) is 17.8 Å². The Labute approximate surface area is 182 Å². The standard InChI is InChI=1S/C24H32FNO5/c1-3-30-24(28)15-6-8-17(9-7-15)31-22-12-18(21(29-2)13-19(22)25)23(27)26-20-11-14-4-5-16(20)10-14/h12-17,20H,3-11H2,1-2H3,(H,26,27)/t14-,15-,16+,17+,20+/m1/s1. The Morgan fingerprint density at radius 2 is 1.84 bits per heavy atom. The maximum Gasteiger partial charge on any atom is 0.308 e. The van der Waals surface area contributed by atoms with Crippen LogP contribution in [-0.2, 0) is 9.53 Å². The van der Waals surface area contributed by atoms with Crippen LogP contribution in [0.25, 0.3) is 0 Å². The average Bonchev–Trinajstić information content (AvgIpc) is 3.38. The van der Waals surface area contributed by atoms with E-state index in [1.54, 1.807) is 6.92 Å². The topological polar surface area (TPSA) is 73.9 Å². The first-order valence-electron chi connectivity index (χ1n) is 11.5. The first kappa shape index (κ1) is 21.9. The molecule has 0 radical (unpaired) electrons. The number of hydrogen-bond acceptors (Lipinski definition) is 5. The van der Waals surface area contributed by atoms with E-state index < -0.39 is 5.82 Å². The third-order valence-electron chi connectivity index (χ3n) is 7.14. The van der Waals surface area contributed by atoms with Crippen molar-refractivity contribution in [1.29, 1.82) is 0 Å². The van der Waals surface area contributed by atoms with Crippen molar-refractivity contribution in [1.82, 2.24) is 5.32 Å². The molecule has 0 heterocycles. The molecule has 0 aromatic heterocycles. The highest BCUT2D eigenvalue weighted by atomic mass is 19.1. The van der Waals surface area contributed by atoms with Crippen LogP contribution in [0.15, 0.2) is 12.1 Å². The van der Waals surface area contributed by atoms with Crippen molar-refractivity contribution in [2.45, 2.75) is 70.4 Å². The lowest BCUT2D eigenvalue weighted by molar-refractivity contribution is -0.149. The van der Waals surface area contributed by atoms with Gasteiger partial charge in [-0.25, -0.2) is 4.39 Å². The van der Waals surface area contributed by atoms with Crippen molar-refractivity contribution in [2.75, 3.05) is 13.7 Å². The van der Waals surface area contributed by atoms with Gasteiger partial charge in [-0.3, -0.25) is 9.59 Å². The monoisotopic (exact) mass is 433 g/mol. The SMILES string of the molecule is CCOC(=O)[C@H]1CC[C@@H](Oc2cc(C(=O)N[C@H]3C[C@@H]4CC[C@H]3C4)c(OC)cc2F)CC1. The number of ether oxygens (including phenoxy) is 3. The molecule has 0 spiro atoms. The van der Waals surface area contributed by atoms with Crippen LogP contribution in [0.5, 0.6) is 11.5 Å². The molecule has 1 N–H and O–H groups in total. The van der Waals surface area contributed by atoms with Gasteiger partial charge in [-0.15, -0.1) is 0 Å². The Morgan fingerprint density at radius 1 is 1.06 bits per heavy atom. The summed E-state index contributed by atoms with van der Waals surface area (Å²) in [5, 5.41) is 3.13. The number of amides is 1. The highest BCUT2D eigenvalue weighted by molar-refractivity contribution is 5.97. The predicted octanol–water partition coefficient (Wildman–Crippen LogP) is 4.25. The van der Waals surface area contributed by atoms with Crippen molar-refractivity contribution in [3.05, 3.63) is 23.5 Å². The van der Waals surface area contributed by atoms with Gasteiger partial charge in [0.1, 0.15) is 5.75 Å². The Kier molecular flexibility index (Phi) is 6.68. The number of carbonyl (C=O) groups is 2. The zero-order valence-electron chi connectivity index (χ0n) is 18.3. The first-order chi connectivity index (χ1) is 15.0. The third-order valence-corrected chi connectivity index (χ3v) is 7.14. The number of methoxy groups -OCH3 is 1. The number of nitrogens with one attached hydrogen (secondary N) is 1. The maximum absolute atomic E-state index is 14.7. The summed E-state index contributed by atoms with van der Waals surface area (Å²) in [5.74, 6) is 0.431. The number of carbonyl (C=O) groups excluding carboxylic acids is 2. The minimum absolute atomic E-state index is 0.0541.